The van der Waals surface area contributed by atoms with Gasteiger partial charge in [0.05, 0.1) is 12.2 Å². The lowest BCUT2D eigenvalue weighted by molar-refractivity contribution is 0.649. The zero-order valence-corrected chi connectivity index (χ0v) is 17.7. The molecule has 7 heteroatoms. The zero-order chi connectivity index (χ0) is 18.4. The highest BCUT2D eigenvalue weighted by Crippen LogP contribution is 2.28. The molecule has 3 rings (SSSR count). The summed E-state index contributed by atoms with van der Waals surface area (Å²) >= 11 is 5.40. The number of nitrogens with one attached hydrogen (secondary N) is 2. The van der Waals surface area contributed by atoms with Crippen molar-refractivity contribution in [3.05, 3.63) is 44.8 Å². The van der Waals surface area contributed by atoms with E-state index in [1.807, 2.05) is 6.20 Å². The molecule has 1 aliphatic rings. The average molecular weight is 436 g/mol. The van der Waals surface area contributed by atoms with E-state index in [4.69, 9.17) is 4.99 Å². The Morgan fingerprint density at radius 3 is 2.96 bits per heavy atom. The Balaban J connectivity index is 1.59. The first-order valence-corrected chi connectivity index (χ1v) is 10.8. The van der Waals surface area contributed by atoms with Crippen LogP contribution in [0.1, 0.15) is 30.2 Å². The van der Waals surface area contributed by atoms with Crippen molar-refractivity contribution in [2.24, 2.45) is 4.99 Å². The van der Waals surface area contributed by atoms with E-state index in [9.17, 15) is 0 Å². The van der Waals surface area contributed by atoms with Gasteiger partial charge in [0, 0.05) is 41.2 Å². The van der Waals surface area contributed by atoms with Crippen LogP contribution >= 0.6 is 27.3 Å². The third-order valence-corrected chi connectivity index (χ3v) is 6.19. The van der Waals surface area contributed by atoms with E-state index in [1.165, 1.54) is 10.6 Å². The lowest BCUT2D eigenvalue weighted by atomic mass is 10.3. The van der Waals surface area contributed by atoms with E-state index >= 15 is 0 Å². The molecule has 1 aromatic carbocycles. The molecule has 1 fully saturated rings. The van der Waals surface area contributed by atoms with Crippen LogP contribution in [0.5, 0.6) is 0 Å². The number of benzene rings is 1. The molecule has 0 saturated carbocycles. The Hall–Kier alpha value is -1.60. The number of para-hydroxylation sites is 1. The molecule has 0 radical (unpaired) electrons. The van der Waals surface area contributed by atoms with Gasteiger partial charge in [-0.05, 0) is 47.8 Å². The number of aryl methyl sites for hydroxylation is 1. The fraction of sp³-hybridized carbons (Fsp3) is 0.474. The minimum Gasteiger partial charge on any atom is -0.368 e. The predicted molar refractivity (Wildman–Crippen MR) is 114 cm³/mol. The van der Waals surface area contributed by atoms with Gasteiger partial charge in [0.1, 0.15) is 5.01 Å². The lowest BCUT2D eigenvalue weighted by Gasteiger charge is -2.21. The van der Waals surface area contributed by atoms with Gasteiger partial charge >= 0.3 is 0 Å². The molecule has 2 N–H and O–H groups in total. The van der Waals surface area contributed by atoms with Crippen molar-refractivity contribution in [3.63, 3.8) is 0 Å². The van der Waals surface area contributed by atoms with Crippen molar-refractivity contribution < 1.29 is 0 Å². The monoisotopic (exact) mass is 435 g/mol. The predicted octanol–water partition coefficient (Wildman–Crippen LogP) is 3.80. The van der Waals surface area contributed by atoms with Gasteiger partial charge in [-0.15, -0.1) is 11.3 Å². The van der Waals surface area contributed by atoms with Crippen molar-refractivity contribution in [2.75, 3.05) is 24.5 Å². The third-order valence-electron chi connectivity index (χ3n) is 4.39. The smallest absolute Gasteiger partial charge is 0.191 e. The van der Waals surface area contributed by atoms with Crippen molar-refractivity contribution in [3.8, 4) is 0 Å². The molecule has 0 spiro atoms. The molecule has 1 aliphatic heterocycles. The number of hydrogen-bond acceptors (Lipinski definition) is 4. The fourth-order valence-electron chi connectivity index (χ4n) is 3.05. The van der Waals surface area contributed by atoms with E-state index in [-0.39, 0.29) is 0 Å². The van der Waals surface area contributed by atoms with Crippen molar-refractivity contribution in [2.45, 2.75) is 39.3 Å². The molecule has 1 saturated heterocycles. The van der Waals surface area contributed by atoms with Crippen LogP contribution in [0.4, 0.5) is 5.69 Å². The van der Waals surface area contributed by atoms with Crippen LogP contribution in [0.25, 0.3) is 0 Å². The van der Waals surface area contributed by atoms with Gasteiger partial charge in [0.25, 0.3) is 0 Å². The Morgan fingerprint density at radius 1 is 1.38 bits per heavy atom. The summed E-state index contributed by atoms with van der Waals surface area (Å²) < 4.78 is 1.15. The van der Waals surface area contributed by atoms with Gasteiger partial charge in [-0.3, -0.25) is 0 Å². The number of rotatable bonds is 6. The number of guanidine groups is 1. The maximum absolute atomic E-state index is 4.72. The zero-order valence-electron chi connectivity index (χ0n) is 15.3. The number of anilines is 1. The van der Waals surface area contributed by atoms with Crippen LogP contribution in [0.15, 0.2) is 39.9 Å². The van der Waals surface area contributed by atoms with Crippen LogP contribution in [0.3, 0.4) is 0 Å². The summed E-state index contributed by atoms with van der Waals surface area (Å²) in [4.78, 5) is 12.9. The third kappa shape index (κ3) is 4.98. The molecule has 0 aliphatic carbocycles. The van der Waals surface area contributed by atoms with E-state index in [1.54, 1.807) is 11.3 Å². The van der Waals surface area contributed by atoms with Gasteiger partial charge in [0.15, 0.2) is 5.96 Å². The molecular formula is C19H26BrN5S. The first-order valence-electron chi connectivity index (χ1n) is 9.17. The Morgan fingerprint density at radius 2 is 2.23 bits per heavy atom. The normalized spacial score (nSPS) is 17.6. The minimum absolute atomic E-state index is 0.391. The quantitative estimate of drug-likeness (QED) is 0.534. The molecule has 26 heavy (non-hydrogen) atoms. The molecule has 1 unspecified atom stereocenters. The number of hydrogen-bond donors (Lipinski definition) is 2. The van der Waals surface area contributed by atoms with Crippen LogP contribution in [0, 0.1) is 0 Å². The summed E-state index contributed by atoms with van der Waals surface area (Å²) in [6.07, 6.45) is 4.10. The van der Waals surface area contributed by atoms with Crippen molar-refractivity contribution in [1.29, 1.82) is 0 Å². The van der Waals surface area contributed by atoms with E-state index < -0.39 is 0 Å². The molecule has 140 valence electrons. The highest BCUT2D eigenvalue weighted by atomic mass is 79.9. The van der Waals surface area contributed by atoms with E-state index in [0.717, 1.165) is 47.9 Å². The number of nitrogens with zero attached hydrogens (tertiary/aromatic N) is 3. The van der Waals surface area contributed by atoms with Gasteiger partial charge < -0.3 is 15.5 Å². The van der Waals surface area contributed by atoms with Crippen LogP contribution in [-0.2, 0) is 13.0 Å². The summed E-state index contributed by atoms with van der Waals surface area (Å²) in [5.74, 6) is 0.875. The standard InChI is InChI=1S/C19H26BrN5S/c1-3-15-11-22-18(26-15)12-23-19(21-4-2)24-14-9-10-25(13-14)17-8-6-5-7-16(17)20/h5-8,11,14H,3-4,9-10,12-13H2,1-2H3,(H2,21,23,24). The van der Waals surface area contributed by atoms with Crippen molar-refractivity contribution in [1.82, 2.24) is 15.6 Å². The van der Waals surface area contributed by atoms with E-state index in [2.05, 4.69) is 74.6 Å². The summed E-state index contributed by atoms with van der Waals surface area (Å²) in [5.41, 5.74) is 1.26. The molecule has 0 amide bonds. The molecule has 1 aromatic heterocycles. The fourth-order valence-corrected chi connectivity index (χ4v) is 4.37. The maximum Gasteiger partial charge on any atom is 0.191 e. The van der Waals surface area contributed by atoms with Gasteiger partial charge in [0.2, 0.25) is 0 Å². The molecule has 0 bridgehead atoms. The number of aromatic nitrogens is 1. The first kappa shape index (κ1) is 19.2. The van der Waals surface area contributed by atoms with Crippen LogP contribution < -0.4 is 15.5 Å². The topological polar surface area (TPSA) is 52.6 Å². The Kier molecular flexibility index (Phi) is 6.91. The SMILES string of the molecule is CCNC(=NCc1ncc(CC)s1)NC1CCN(c2ccccc2Br)C1. The van der Waals surface area contributed by atoms with Crippen molar-refractivity contribution >= 4 is 38.9 Å². The molecule has 5 nitrogen and oxygen atoms in total. The lowest BCUT2D eigenvalue weighted by Crippen LogP contribution is -2.44. The minimum atomic E-state index is 0.391. The number of thiazole rings is 1. The second-order valence-electron chi connectivity index (χ2n) is 6.30. The van der Waals surface area contributed by atoms with Gasteiger partial charge in [-0.2, -0.15) is 0 Å². The van der Waals surface area contributed by atoms with E-state index in [0.29, 0.717) is 12.6 Å². The highest BCUT2D eigenvalue weighted by molar-refractivity contribution is 9.10. The molecule has 1 atom stereocenters. The second-order valence-corrected chi connectivity index (χ2v) is 8.35. The summed E-state index contributed by atoms with van der Waals surface area (Å²) in [7, 11) is 0. The van der Waals surface area contributed by atoms with Crippen LogP contribution in [-0.4, -0.2) is 36.6 Å². The van der Waals surface area contributed by atoms with Crippen LogP contribution in [0.2, 0.25) is 0 Å². The van der Waals surface area contributed by atoms with Gasteiger partial charge in [-0.1, -0.05) is 19.1 Å². The summed E-state index contributed by atoms with van der Waals surface area (Å²) in [6, 6.07) is 8.80. The first-order chi connectivity index (χ1) is 12.7. The second kappa shape index (κ2) is 9.37. The summed E-state index contributed by atoms with van der Waals surface area (Å²) in [5, 5.41) is 8.01. The Labute approximate surface area is 168 Å². The largest absolute Gasteiger partial charge is 0.368 e. The summed E-state index contributed by atoms with van der Waals surface area (Å²) in [6.45, 7) is 7.75. The van der Waals surface area contributed by atoms with Gasteiger partial charge in [-0.25, -0.2) is 9.98 Å². The average Bonchev–Trinajstić information content (AvgIpc) is 3.29. The molecule has 2 heterocycles. The highest BCUT2D eigenvalue weighted by Gasteiger charge is 2.24. The number of aliphatic imine (C=N–C) groups is 1. The maximum atomic E-state index is 4.72. The Bertz CT molecular complexity index is 745. The molecular weight excluding hydrogens is 410 g/mol. The molecule has 2 aromatic rings. The number of halogens is 1.